The predicted octanol–water partition coefficient (Wildman–Crippen LogP) is 0.354. The van der Waals surface area contributed by atoms with Crippen LogP contribution >= 0.6 is 0 Å². The van der Waals surface area contributed by atoms with Crippen molar-refractivity contribution in [2.24, 2.45) is 0 Å². The van der Waals surface area contributed by atoms with Crippen molar-refractivity contribution in [2.45, 2.75) is 32.0 Å². The van der Waals surface area contributed by atoms with Gasteiger partial charge < -0.3 is 4.74 Å². The Morgan fingerprint density at radius 1 is 1.70 bits per heavy atom. The number of rotatable bonds is 0. The topological polar surface area (TPSA) is 29.5 Å². The summed E-state index contributed by atoms with van der Waals surface area (Å²) in [6, 6.07) is 0.0926. The second kappa shape index (κ2) is 1.95. The minimum absolute atomic E-state index is 0.0231. The fourth-order valence-electron chi connectivity index (χ4n) is 1.79. The third kappa shape index (κ3) is 0.669. The lowest BCUT2D eigenvalue weighted by Gasteiger charge is -2.14. The first-order chi connectivity index (χ1) is 4.79. The van der Waals surface area contributed by atoms with Gasteiger partial charge in [0.25, 0.3) is 0 Å². The van der Waals surface area contributed by atoms with Crippen LogP contribution in [-0.4, -0.2) is 29.7 Å². The van der Waals surface area contributed by atoms with Gasteiger partial charge in [-0.25, -0.2) is 0 Å². The molecule has 0 aliphatic carbocycles. The van der Waals surface area contributed by atoms with Crippen LogP contribution in [0, 0.1) is 0 Å². The highest BCUT2D eigenvalue weighted by Crippen LogP contribution is 2.27. The highest BCUT2D eigenvalue weighted by molar-refractivity contribution is 5.78. The molecule has 0 aromatic heterocycles. The highest BCUT2D eigenvalue weighted by atomic mass is 16.6. The van der Waals surface area contributed by atoms with Gasteiger partial charge in [-0.05, 0) is 19.8 Å². The van der Waals surface area contributed by atoms with Gasteiger partial charge in [0.2, 0.25) is 0 Å². The lowest BCUT2D eigenvalue weighted by Crippen LogP contribution is -2.30. The molecule has 0 aromatic rings. The minimum Gasteiger partial charge on any atom is -0.445 e. The Morgan fingerprint density at radius 2 is 2.50 bits per heavy atom. The van der Waals surface area contributed by atoms with Gasteiger partial charge in [-0.15, -0.1) is 0 Å². The molecule has 2 fully saturated rings. The van der Waals surface area contributed by atoms with Crippen molar-refractivity contribution in [3.8, 4) is 0 Å². The maximum absolute atomic E-state index is 11.0. The predicted molar refractivity (Wildman–Crippen MR) is 35.3 cm³/mol. The normalized spacial score (nSPS) is 39.9. The van der Waals surface area contributed by atoms with Crippen LogP contribution in [-0.2, 0) is 9.53 Å². The molecular formula is C7H11NO2. The summed E-state index contributed by atoms with van der Waals surface area (Å²) in [5, 5.41) is 0. The minimum atomic E-state index is -0.0231. The zero-order valence-corrected chi connectivity index (χ0v) is 6.04. The van der Waals surface area contributed by atoms with Crippen LogP contribution in [0.1, 0.15) is 19.8 Å². The Kier molecular flexibility index (Phi) is 1.20. The maximum atomic E-state index is 11.0. The quantitative estimate of drug-likeness (QED) is 0.456. The van der Waals surface area contributed by atoms with Crippen molar-refractivity contribution >= 4 is 5.97 Å². The van der Waals surface area contributed by atoms with Crippen LogP contribution in [0.25, 0.3) is 0 Å². The summed E-state index contributed by atoms with van der Waals surface area (Å²) < 4.78 is 5.02. The molecule has 10 heavy (non-hydrogen) atoms. The lowest BCUT2D eigenvalue weighted by molar-refractivity contribution is -0.142. The van der Waals surface area contributed by atoms with E-state index < -0.39 is 0 Å². The van der Waals surface area contributed by atoms with Crippen LogP contribution in [0.2, 0.25) is 0 Å². The molecular weight excluding hydrogens is 130 g/mol. The van der Waals surface area contributed by atoms with Crippen molar-refractivity contribution in [1.29, 1.82) is 0 Å². The van der Waals surface area contributed by atoms with Gasteiger partial charge >= 0.3 is 5.97 Å². The van der Waals surface area contributed by atoms with E-state index >= 15 is 0 Å². The number of carbonyl (C=O) groups is 1. The largest absolute Gasteiger partial charge is 0.445 e. The Balaban J connectivity index is 2.19. The number of cyclic esters (lactones) is 1. The fraction of sp³-hybridized carbons (Fsp3) is 0.857. The number of hydrogen-bond donors (Lipinski definition) is 0. The van der Waals surface area contributed by atoms with E-state index in [-0.39, 0.29) is 18.2 Å². The lowest BCUT2D eigenvalue weighted by atomic mass is 10.2. The number of hydrogen-bond acceptors (Lipinski definition) is 3. The molecule has 0 spiro atoms. The van der Waals surface area contributed by atoms with E-state index in [4.69, 9.17) is 4.74 Å². The molecule has 2 aliphatic heterocycles. The zero-order valence-electron chi connectivity index (χ0n) is 6.04. The first kappa shape index (κ1) is 6.16. The molecule has 0 saturated carbocycles. The van der Waals surface area contributed by atoms with Crippen LogP contribution < -0.4 is 0 Å². The first-order valence-electron chi connectivity index (χ1n) is 3.75. The number of ether oxygens (including phenoxy) is 1. The molecule has 2 heterocycles. The number of carbonyl (C=O) groups excluding carboxylic acids is 1. The van der Waals surface area contributed by atoms with Gasteiger partial charge in [-0.3, -0.25) is 9.69 Å². The fourth-order valence-corrected chi connectivity index (χ4v) is 1.79. The molecule has 2 saturated heterocycles. The number of nitrogens with zero attached hydrogens (tertiary/aromatic N) is 1. The van der Waals surface area contributed by atoms with Gasteiger partial charge in [0.05, 0.1) is 0 Å². The van der Waals surface area contributed by atoms with Gasteiger partial charge in [0, 0.05) is 6.54 Å². The third-order valence-electron chi connectivity index (χ3n) is 2.32. The standard InChI is InChI=1S/C7H11NO2/c1-5-8-4-2-3-6(8)7(9)10-5/h5-6H,2-4H2,1H3/t5-,6-/m0/s1. The smallest absolute Gasteiger partial charge is 0.325 e. The summed E-state index contributed by atoms with van der Waals surface area (Å²) in [6.45, 7) is 2.96. The summed E-state index contributed by atoms with van der Waals surface area (Å²) >= 11 is 0. The van der Waals surface area contributed by atoms with Crippen LogP contribution in [0.4, 0.5) is 0 Å². The molecule has 0 unspecified atom stereocenters. The highest BCUT2D eigenvalue weighted by Gasteiger charge is 2.42. The van der Waals surface area contributed by atoms with Crippen molar-refractivity contribution in [2.75, 3.05) is 6.54 Å². The van der Waals surface area contributed by atoms with E-state index in [0.29, 0.717) is 0 Å². The van der Waals surface area contributed by atoms with Crippen molar-refractivity contribution in [3.63, 3.8) is 0 Å². The van der Waals surface area contributed by atoms with E-state index in [1.165, 1.54) is 0 Å². The second-order valence-corrected chi connectivity index (χ2v) is 2.93. The van der Waals surface area contributed by atoms with Crippen molar-refractivity contribution in [1.82, 2.24) is 4.90 Å². The molecule has 2 rings (SSSR count). The van der Waals surface area contributed by atoms with Gasteiger partial charge in [-0.1, -0.05) is 0 Å². The third-order valence-corrected chi connectivity index (χ3v) is 2.32. The molecule has 56 valence electrons. The molecule has 0 N–H and O–H groups in total. The van der Waals surface area contributed by atoms with Gasteiger partial charge in [0.15, 0.2) is 6.23 Å². The van der Waals surface area contributed by atoms with E-state index in [9.17, 15) is 4.79 Å². The Labute approximate surface area is 60.0 Å². The van der Waals surface area contributed by atoms with Crippen LogP contribution in [0.15, 0.2) is 0 Å². The summed E-state index contributed by atoms with van der Waals surface area (Å²) in [5.74, 6) is -0.0231. The molecule has 3 nitrogen and oxygen atoms in total. The summed E-state index contributed by atoms with van der Waals surface area (Å²) in [4.78, 5) is 13.1. The molecule has 0 amide bonds. The van der Waals surface area contributed by atoms with Crippen molar-refractivity contribution < 1.29 is 9.53 Å². The molecule has 0 radical (unpaired) electrons. The van der Waals surface area contributed by atoms with Crippen molar-refractivity contribution in [3.05, 3.63) is 0 Å². The second-order valence-electron chi connectivity index (χ2n) is 2.93. The Morgan fingerprint density at radius 3 is 3.20 bits per heavy atom. The zero-order chi connectivity index (χ0) is 7.14. The van der Waals surface area contributed by atoms with E-state index in [2.05, 4.69) is 4.90 Å². The molecule has 3 heteroatoms. The van der Waals surface area contributed by atoms with E-state index in [1.54, 1.807) is 0 Å². The van der Waals surface area contributed by atoms with Gasteiger partial charge in [-0.2, -0.15) is 0 Å². The van der Waals surface area contributed by atoms with Gasteiger partial charge in [0.1, 0.15) is 6.04 Å². The summed E-state index contributed by atoms with van der Waals surface area (Å²) in [7, 11) is 0. The first-order valence-corrected chi connectivity index (χ1v) is 3.75. The molecule has 0 aromatic carbocycles. The number of esters is 1. The average molecular weight is 141 g/mol. The Bertz CT molecular complexity index is 169. The van der Waals surface area contributed by atoms with E-state index in [1.807, 2.05) is 6.92 Å². The number of fused-ring (bicyclic) bond motifs is 1. The Hall–Kier alpha value is -0.570. The molecule has 2 atom stereocenters. The summed E-state index contributed by atoms with van der Waals surface area (Å²) in [6.07, 6.45) is 2.16. The summed E-state index contributed by atoms with van der Waals surface area (Å²) in [5.41, 5.74) is 0. The van der Waals surface area contributed by atoms with Crippen LogP contribution in [0.3, 0.4) is 0 Å². The SMILES string of the molecule is C[C@@H]1OC(=O)[C@@H]2CCCN12. The molecule has 2 aliphatic rings. The van der Waals surface area contributed by atoms with Crippen LogP contribution in [0.5, 0.6) is 0 Å². The average Bonchev–Trinajstić information content (AvgIpc) is 2.39. The maximum Gasteiger partial charge on any atom is 0.325 e. The van der Waals surface area contributed by atoms with E-state index in [0.717, 1.165) is 19.4 Å². The monoisotopic (exact) mass is 141 g/mol. The molecule has 0 bridgehead atoms.